The van der Waals surface area contributed by atoms with Gasteiger partial charge in [-0.25, -0.2) is 4.98 Å². The number of benzene rings is 2. The van der Waals surface area contributed by atoms with Crippen molar-refractivity contribution in [1.82, 2.24) is 15.3 Å². The molecule has 35 heavy (non-hydrogen) atoms. The van der Waals surface area contributed by atoms with Crippen LogP contribution in [0.25, 0.3) is 0 Å². The molecule has 0 fully saturated rings. The molecule has 2 amide bonds. The Labute approximate surface area is 206 Å². The van der Waals surface area contributed by atoms with Crippen LogP contribution >= 0.6 is 11.8 Å². The van der Waals surface area contributed by atoms with E-state index in [0.717, 1.165) is 17.3 Å². The number of anilines is 1. The molecule has 3 aromatic rings. The van der Waals surface area contributed by atoms with Crippen LogP contribution in [0.2, 0.25) is 0 Å². The summed E-state index contributed by atoms with van der Waals surface area (Å²) in [6.07, 6.45) is -0.0747. The highest BCUT2D eigenvalue weighted by atomic mass is 32.2. The van der Waals surface area contributed by atoms with Crippen LogP contribution < -0.4 is 30.4 Å². The molecule has 3 N–H and O–H groups in total. The Bertz CT molecular complexity index is 1250. The average Bonchev–Trinajstić information content (AvgIpc) is 2.86. The molecule has 3 rings (SSSR count). The maximum absolute atomic E-state index is 12.4. The number of thioether (sulfide) groups is 1. The van der Waals surface area contributed by atoms with Crippen LogP contribution in [0.5, 0.6) is 17.2 Å². The number of aromatic nitrogens is 2. The zero-order valence-electron chi connectivity index (χ0n) is 19.5. The molecule has 0 saturated carbocycles. The minimum absolute atomic E-state index is 0.0191. The monoisotopic (exact) mass is 498 g/mol. The zero-order chi connectivity index (χ0) is 25.2. The third-order valence-corrected chi connectivity index (χ3v) is 5.63. The smallest absolute Gasteiger partial charge is 0.251 e. The number of hydrogen-bond donors (Lipinski definition) is 3. The lowest BCUT2D eigenvalue weighted by molar-refractivity contribution is -0.120. The van der Waals surface area contributed by atoms with Crippen LogP contribution in [-0.4, -0.2) is 48.9 Å². The van der Waals surface area contributed by atoms with Crippen LogP contribution in [0.4, 0.5) is 5.69 Å². The molecular formula is C24H26N4O6S. The summed E-state index contributed by atoms with van der Waals surface area (Å²) < 4.78 is 15.6. The minimum Gasteiger partial charge on any atom is -0.497 e. The maximum atomic E-state index is 12.4. The lowest BCUT2D eigenvalue weighted by atomic mass is 10.2. The Kier molecular flexibility index (Phi) is 9.13. The summed E-state index contributed by atoms with van der Waals surface area (Å²) in [6.45, 7) is 0.314. The number of carbonyl (C=O) groups is 2. The SMILES string of the molecule is COc1cccc(CNC(=O)Cc2cc(=O)[nH]c(SCC(=O)Nc3cc(OC)ccc3OC)n2)c1. The molecule has 2 aromatic carbocycles. The minimum atomic E-state index is -0.409. The summed E-state index contributed by atoms with van der Waals surface area (Å²) in [6, 6.07) is 13.7. The molecule has 0 bridgehead atoms. The number of carbonyl (C=O) groups excluding carboxylic acids is 2. The second-order valence-electron chi connectivity index (χ2n) is 7.25. The van der Waals surface area contributed by atoms with Gasteiger partial charge in [-0.3, -0.25) is 14.4 Å². The average molecular weight is 499 g/mol. The summed E-state index contributed by atoms with van der Waals surface area (Å²) in [5.41, 5.74) is 1.23. The summed E-state index contributed by atoms with van der Waals surface area (Å²) >= 11 is 1.04. The van der Waals surface area contributed by atoms with Gasteiger partial charge < -0.3 is 29.8 Å². The van der Waals surface area contributed by atoms with Crippen LogP contribution in [0, 0.1) is 0 Å². The quantitative estimate of drug-likeness (QED) is 0.271. The number of H-pyrrole nitrogens is 1. The predicted molar refractivity (Wildman–Crippen MR) is 132 cm³/mol. The molecule has 1 heterocycles. The van der Waals surface area contributed by atoms with E-state index in [1.807, 2.05) is 24.3 Å². The van der Waals surface area contributed by atoms with Crippen molar-refractivity contribution in [3.8, 4) is 17.2 Å². The van der Waals surface area contributed by atoms with Gasteiger partial charge in [-0.2, -0.15) is 0 Å². The Morgan fingerprint density at radius 2 is 1.74 bits per heavy atom. The normalized spacial score (nSPS) is 10.4. The molecule has 11 heteroatoms. The first-order valence-electron chi connectivity index (χ1n) is 10.5. The highest BCUT2D eigenvalue weighted by Gasteiger charge is 2.12. The van der Waals surface area contributed by atoms with Crippen molar-refractivity contribution in [2.24, 2.45) is 0 Å². The van der Waals surface area contributed by atoms with Crippen LogP contribution in [0.3, 0.4) is 0 Å². The molecule has 0 aliphatic carbocycles. The Morgan fingerprint density at radius 3 is 2.49 bits per heavy atom. The maximum Gasteiger partial charge on any atom is 0.251 e. The van der Waals surface area contributed by atoms with Crippen LogP contribution in [-0.2, 0) is 22.6 Å². The van der Waals surface area contributed by atoms with Crippen molar-refractivity contribution in [1.29, 1.82) is 0 Å². The van der Waals surface area contributed by atoms with Gasteiger partial charge in [0.1, 0.15) is 17.2 Å². The van der Waals surface area contributed by atoms with Crippen molar-refractivity contribution in [2.45, 2.75) is 18.1 Å². The van der Waals surface area contributed by atoms with E-state index in [9.17, 15) is 14.4 Å². The fourth-order valence-corrected chi connectivity index (χ4v) is 3.78. The first-order chi connectivity index (χ1) is 16.9. The number of nitrogens with zero attached hydrogens (tertiary/aromatic N) is 1. The largest absolute Gasteiger partial charge is 0.497 e. The van der Waals surface area contributed by atoms with Gasteiger partial charge in [0.2, 0.25) is 11.8 Å². The molecule has 0 aliphatic heterocycles. The molecule has 0 spiro atoms. The first-order valence-corrected chi connectivity index (χ1v) is 11.5. The van der Waals surface area contributed by atoms with E-state index in [-0.39, 0.29) is 29.1 Å². The molecule has 1 aromatic heterocycles. The topological polar surface area (TPSA) is 132 Å². The molecule has 184 valence electrons. The number of hydrogen-bond acceptors (Lipinski definition) is 8. The van der Waals surface area contributed by atoms with E-state index >= 15 is 0 Å². The van der Waals surface area contributed by atoms with Gasteiger partial charge in [0, 0.05) is 18.7 Å². The predicted octanol–water partition coefficient (Wildman–Crippen LogP) is 2.39. The van der Waals surface area contributed by atoms with E-state index in [4.69, 9.17) is 14.2 Å². The van der Waals surface area contributed by atoms with Crippen molar-refractivity contribution < 1.29 is 23.8 Å². The van der Waals surface area contributed by atoms with Gasteiger partial charge in [0.05, 0.1) is 44.9 Å². The molecule has 0 unspecified atom stereocenters. The van der Waals surface area contributed by atoms with Gasteiger partial charge in [-0.1, -0.05) is 23.9 Å². The van der Waals surface area contributed by atoms with Crippen LogP contribution in [0.15, 0.2) is 58.5 Å². The van der Waals surface area contributed by atoms with Crippen LogP contribution in [0.1, 0.15) is 11.3 Å². The second-order valence-corrected chi connectivity index (χ2v) is 8.21. The van der Waals surface area contributed by atoms with Gasteiger partial charge in [0.15, 0.2) is 5.16 Å². The summed E-state index contributed by atoms with van der Waals surface area (Å²) in [4.78, 5) is 43.7. The fraction of sp³-hybridized carbons (Fsp3) is 0.250. The van der Waals surface area contributed by atoms with Crippen molar-refractivity contribution in [2.75, 3.05) is 32.4 Å². The zero-order valence-corrected chi connectivity index (χ0v) is 20.4. The van der Waals surface area contributed by atoms with E-state index in [2.05, 4.69) is 20.6 Å². The van der Waals surface area contributed by atoms with Gasteiger partial charge in [-0.15, -0.1) is 0 Å². The van der Waals surface area contributed by atoms with Gasteiger partial charge in [0.25, 0.3) is 5.56 Å². The molecule has 0 radical (unpaired) electrons. The Hall–Kier alpha value is -3.99. The van der Waals surface area contributed by atoms with Crippen molar-refractivity contribution in [3.05, 3.63) is 70.1 Å². The number of nitrogens with one attached hydrogen (secondary N) is 3. The number of aromatic amines is 1. The summed E-state index contributed by atoms with van der Waals surface area (Å²) in [5, 5.41) is 5.78. The molecular weight excluding hydrogens is 472 g/mol. The molecule has 0 saturated heterocycles. The van der Waals surface area contributed by atoms with Gasteiger partial charge in [-0.05, 0) is 29.8 Å². The number of amides is 2. The van der Waals surface area contributed by atoms with E-state index in [1.165, 1.54) is 20.3 Å². The fourth-order valence-electron chi connectivity index (χ4n) is 3.08. The standard InChI is InChI=1S/C24H26N4O6S/c1-32-17-6-4-5-15(9-17)13-25-21(29)10-16-11-22(30)28-24(26-16)35-14-23(31)27-19-12-18(33-2)7-8-20(19)34-3/h4-9,11-12H,10,13-14H2,1-3H3,(H,25,29)(H,27,31)(H,26,28,30). The Balaban J connectivity index is 1.56. The van der Waals surface area contributed by atoms with Gasteiger partial charge >= 0.3 is 0 Å². The van der Waals surface area contributed by atoms with Crippen molar-refractivity contribution >= 4 is 29.3 Å². The Morgan fingerprint density at radius 1 is 0.971 bits per heavy atom. The summed E-state index contributed by atoms with van der Waals surface area (Å²) in [7, 11) is 4.60. The molecule has 0 atom stereocenters. The lowest BCUT2D eigenvalue weighted by Gasteiger charge is -2.11. The highest BCUT2D eigenvalue weighted by molar-refractivity contribution is 7.99. The third-order valence-electron chi connectivity index (χ3n) is 4.76. The van der Waals surface area contributed by atoms with Crippen molar-refractivity contribution in [3.63, 3.8) is 0 Å². The lowest BCUT2D eigenvalue weighted by Crippen LogP contribution is -2.26. The number of rotatable bonds is 11. The van der Waals surface area contributed by atoms with E-state index in [1.54, 1.807) is 25.3 Å². The summed E-state index contributed by atoms with van der Waals surface area (Å²) in [5.74, 6) is 1.11. The van der Waals surface area contributed by atoms with E-state index in [0.29, 0.717) is 35.2 Å². The highest BCUT2D eigenvalue weighted by Crippen LogP contribution is 2.29. The number of methoxy groups -OCH3 is 3. The second kappa shape index (κ2) is 12.5. The molecule has 10 nitrogen and oxygen atoms in total. The molecule has 0 aliphatic rings. The first kappa shape index (κ1) is 25.6. The van der Waals surface area contributed by atoms with E-state index < -0.39 is 5.56 Å². The number of ether oxygens (including phenoxy) is 3. The third kappa shape index (κ3) is 7.78.